The summed E-state index contributed by atoms with van der Waals surface area (Å²) in [6.45, 7) is 0. The largest absolute Gasteiger partial charge is 0.412 e. The Kier molecular flexibility index (Phi) is 11.9. The van der Waals surface area contributed by atoms with Crippen molar-refractivity contribution < 1.29 is 19.9 Å². The fraction of sp³-hybridized carbons (Fsp3) is 0.750. The van der Waals surface area contributed by atoms with Gasteiger partial charge in [-0.1, -0.05) is 0 Å². The number of unbranched alkanes of at least 4 members (excludes halogenated alkanes) is 3. The third kappa shape index (κ3) is 9.49. The molecular weight excluding hydrogens is 205 g/mol. The number of carboxylic acids is 1. The molecule has 14 heavy (non-hydrogen) atoms. The SMILES string of the molecule is NC(CCCCCC#P=O)C(=O)O.O. The predicted octanol–water partition coefficient (Wildman–Crippen LogP) is 0.775. The van der Waals surface area contributed by atoms with Crippen LogP contribution in [0.2, 0.25) is 0 Å². The molecule has 0 aromatic rings. The van der Waals surface area contributed by atoms with Crippen molar-refractivity contribution in [3.8, 4) is 5.63 Å². The number of carbonyl (C=O) groups is 1. The van der Waals surface area contributed by atoms with Crippen LogP contribution < -0.4 is 5.73 Å². The maximum Gasteiger partial charge on any atom is -0.412 e. The first-order chi connectivity index (χ1) is 6.18. The van der Waals surface area contributed by atoms with E-state index in [0.717, 1.165) is 19.3 Å². The molecule has 0 bridgehead atoms. The summed E-state index contributed by atoms with van der Waals surface area (Å²) < 4.78 is 9.92. The van der Waals surface area contributed by atoms with E-state index < -0.39 is 12.0 Å². The monoisotopic (exact) mass is 221 g/mol. The Bertz CT molecular complexity index is 249. The molecule has 0 aliphatic carbocycles. The van der Waals surface area contributed by atoms with Crippen LogP contribution in [0, 0.1) is 5.63 Å². The van der Waals surface area contributed by atoms with E-state index in [1.54, 1.807) is 0 Å². The molecule has 0 aliphatic rings. The van der Waals surface area contributed by atoms with Crippen LogP contribution in [0.15, 0.2) is 0 Å². The van der Waals surface area contributed by atoms with Crippen molar-refractivity contribution >= 4 is 13.9 Å². The minimum Gasteiger partial charge on any atom is -0.412 e. The molecular formula is C8H16NO4P. The zero-order valence-corrected chi connectivity index (χ0v) is 8.80. The summed E-state index contributed by atoms with van der Waals surface area (Å²) in [4.78, 5) is 10.3. The summed E-state index contributed by atoms with van der Waals surface area (Å²) in [5.41, 5.74) is 7.92. The number of nitrogens with two attached hydrogens (primary N) is 1. The van der Waals surface area contributed by atoms with Crippen molar-refractivity contribution in [2.75, 3.05) is 0 Å². The van der Waals surface area contributed by atoms with E-state index in [2.05, 4.69) is 5.63 Å². The third-order valence-corrected chi connectivity index (χ3v) is 2.04. The molecule has 0 aromatic carbocycles. The smallest absolute Gasteiger partial charge is 0.412 e. The van der Waals surface area contributed by atoms with E-state index >= 15 is 0 Å². The van der Waals surface area contributed by atoms with E-state index in [1.807, 2.05) is 0 Å². The van der Waals surface area contributed by atoms with Crippen molar-refractivity contribution in [3.63, 3.8) is 0 Å². The van der Waals surface area contributed by atoms with E-state index in [1.165, 1.54) is 0 Å². The van der Waals surface area contributed by atoms with Crippen LogP contribution in [0.5, 0.6) is 0 Å². The van der Waals surface area contributed by atoms with Crippen LogP contribution in [0.1, 0.15) is 32.1 Å². The van der Waals surface area contributed by atoms with E-state index in [-0.39, 0.29) is 13.4 Å². The molecule has 5 nitrogen and oxygen atoms in total. The molecule has 1 unspecified atom stereocenters. The fourth-order valence-corrected chi connectivity index (χ4v) is 1.16. The van der Waals surface area contributed by atoms with Crippen molar-refractivity contribution in [1.82, 2.24) is 0 Å². The molecule has 6 heteroatoms. The molecule has 82 valence electrons. The van der Waals surface area contributed by atoms with Crippen molar-refractivity contribution in [2.24, 2.45) is 5.73 Å². The topological polar surface area (TPSA) is 112 Å². The van der Waals surface area contributed by atoms with Gasteiger partial charge in [-0.25, -0.2) is 0 Å². The van der Waals surface area contributed by atoms with Crippen LogP contribution in [-0.4, -0.2) is 22.6 Å². The van der Waals surface area contributed by atoms with Gasteiger partial charge in [-0.3, -0.25) is 0 Å². The number of carboxylic acid groups (broad SMARTS) is 1. The van der Waals surface area contributed by atoms with Gasteiger partial charge in [0.25, 0.3) is 0 Å². The van der Waals surface area contributed by atoms with Gasteiger partial charge in [-0.05, 0) is 0 Å². The van der Waals surface area contributed by atoms with Gasteiger partial charge >= 0.3 is 77.9 Å². The minimum atomic E-state index is -0.948. The molecule has 1 atom stereocenters. The standard InChI is InChI=1S/C8H14NO3P.H2O/c9-7(8(10)11)5-3-1-2-4-6-13-12;/h7H,1-5,9H2,(H,10,11);1H2. The summed E-state index contributed by atoms with van der Waals surface area (Å²) in [5, 5.41) is 8.44. The van der Waals surface area contributed by atoms with E-state index in [0.29, 0.717) is 12.8 Å². The number of hydrogen-bond acceptors (Lipinski definition) is 3. The molecule has 0 saturated carbocycles. The van der Waals surface area contributed by atoms with Gasteiger partial charge < -0.3 is 5.48 Å². The first-order valence-electron chi connectivity index (χ1n) is 4.22. The summed E-state index contributed by atoms with van der Waals surface area (Å²) in [6, 6.07) is -0.745. The van der Waals surface area contributed by atoms with E-state index in [4.69, 9.17) is 10.8 Å². The summed E-state index contributed by atoms with van der Waals surface area (Å²) in [6.07, 6.45) is 3.79. The van der Waals surface area contributed by atoms with Crippen molar-refractivity contribution in [2.45, 2.75) is 38.1 Å². The van der Waals surface area contributed by atoms with Gasteiger partial charge in [0.15, 0.2) is 0 Å². The van der Waals surface area contributed by atoms with Gasteiger partial charge in [-0.2, -0.15) is 0 Å². The van der Waals surface area contributed by atoms with Gasteiger partial charge in [-0.15, -0.1) is 0 Å². The Balaban J connectivity index is 0. The second kappa shape index (κ2) is 10.5. The van der Waals surface area contributed by atoms with Crippen molar-refractivity contribution in [1.29, 1.82) is 0 Å². The molecule has 0 aliphatic heterocycles. The molecule has 0 aromatic heterocycles. The molecule has 0 radical (unpaired) electrons. The number of rotatable bonds is 6. The van der Waals surface area contributed by atoms with Crippen LogP contribution in [0.3, 0.4) is 0 Å². The molecule has 0 saturated heterocycles. The third-order valence-electron chi connectivity index (χ3n) is 1.69. The van der Waals surface area contributed by atoms with Gasteiger partial charge in [0, 0.05) is 0 Å². The van der Waals surface area contributed by atoms with Crippen LogP contribution in [0.4, 0.5) is 0 Å². The molecule has 0 heterocycles. The second-order valence-electron chi connectivity index (χ2n) is 2.79. The molecule has 0 amide bonds. The van der Waals surface area contributed by atoms with Crippen molar-refractivity contribution in [3.05, 3.63) is 0 Å². The Hall–Kier alpha value is -0.600. The Morgan fingerprint density at radius 1 is 1.43 bits per heavy atom. The zero-order valence-electron chi connectivity index (χ0n) is 7.90. The Morgan fingerprint density at radius 3 is 2.57 bits per heavy atom. The summed E-state index contributed by atoms with van der Waals surface area (Å²) >= 11 is 0. The first-order valence-corrected chi connectivity index (χ1v) is 5.03. The maximum atomic E-state index is 10.3. The molecule has 5 N–H and O–H groups in total. The zero-order chi connectivity index (χ0) is 10.1. The van der Waals surface area contributed by atoms with Gasteiger partial charge in [0.1, 0.15) is 0 Å². The van der Waals surface area contributed by atoms with E-state index in [9.17, 15) is 9.36 Å². The van der Waals surface area contributed by atoms with Crippen LogP contribution in [-0.2, 0) is 9.36 Å². The quantitative estimate of drug-likeness (QED) is 0.509. The molecule has 0 rings (SSSR count). The Morgan fingerprint density at radius 2 is 2.07 bits per heavy atom. The normalized spacial score (nSPS) is 10.9. The Labute approximate surface area is 84.1 Å². The van der Waals surface area contributed by atoms with Gasteiger partial charge in [0.2, 0.25) is 0 Å². The number of aliphatic carboxylic acids is 1. The molecule has 0 fully saturated rings. The summed E-state index contributed by atoms with van der Waals surface area (Å²) in [5.74, 6) is -0.948. The average Bonchev–Trinajstić information content (AvgIpc) is 2.10. The minimum absolute atomic E-state index is 0. The predicted molar refractivity (Wildman–Crippen MR) is 53.8 cm³/mol. The first kappa shape index (κ1) is 15.9. The molecule has 0 spiro atoms. The second-order valence-corrected chi connectivity index (χ2v) is 3.29. The maximum absolute atomic E-state index is 10.3. The van der Waals surface area contributed by atoms with Crippen LogP contribution >= 0.6 is 7.92 Å². The van der Waals surface area contributed by atoms with Crippen LogP contribution in [0.25, 0.3) is 0 Å². The average molecular weight is 221 g/mol. The number of hydrogen-bond donors (Lipinski definition) is 2. The van der Waals surface area contributed by atoms with Gasteiger partial charge in [0.05, 0.1) is 0 Å². The fourth-order valence-electron chi connectivity index (χ4n) is 0.914. The summed E-state index contributed by atoms with van der Waals surface area (Å²) in [7, 11) is -0.0529.